The molecule has 0 bridgehead atoms. The van der Waals surface area contributed by atoms with Crippen molar-refractivity contribution in [1.82, 2.24) is 14.7 Å². The molecule has 1 saturated carbocycles. The van der Waals surface area contributed by atoms with Gasteiger partial charge in [-0.25, -0.2) is 0 Å². The Morgan fingerprint density at radius 2 is 1.73 bits per heavy atom. The van der Waals surface area contributed by atoms with Crippen molar-refractivity contribution in [2.24, 2.45) is 5.92 Å². The van der Waals surface area contributed by atoms with E-state index in [4.69, 9.17) is 0 Å². The number of piperazine rings is 1. The monoisotopic (exact) mass is 309 g/mol. The van der Waals surface area contributed by atoms with Crippen LogP contribution in [0.1, 0.15) is 51.9 Å². The van der Waals surface area contributed by atoms with Gasteiger partial charge in [0.1, 0.15) is 0 Å². The molecular formula is C18H35N3O. The fraction of sp³-hybridized carbons (Fsp3) is 0.944. The van der Waals surface area contributed by atoms with Gasteiger partial charge >= 0.3 is 0 Å². The minimum atomic E-state index is 0.0647. The zero-order chi connectivity index (χ0) is 15.9. The minimum Gasteiger partial charge on any atom is -0.339 e. The van der Waals surface area contributed by atoms with Crippen LogP contribution >= 0.6 is 0 Å². The lowest BCUT2D eigenvalue weighted by Gasteiger charge is -2.39. The van der Waals surface area contributed by atoms with Gasteiger partial charge in [-0.1, -0.05) is 32.6 Å². The lowest BCUT2D eigenvalue weighted by Crippen LogP contribution is -2.54. The van der Waals surface area contributed by atoms with Crippen LogP contribution in [0.4, 0.5) is 0 Å². The quantitative estimate of drug-likeness (QED) is 0.754. The molecule has 1 atom stereocenters. The van der Waals surface area contributed by atoms with Crippen LogP contribution < -0.4 is 0 Å². The van der Waals surface area contributed by atoms with Crippen molar-refractivity contribution in [2.75, 3.05) is 46.8 Å². The van der Waals surface area contributed by atoms with E-state index in [2.05, 4.69) is 21.6 Å². The summed E-state index contributed by atoms with van der Waals surface area (Å²) in [5, 5.41) is 0. The first-order valence-electron chi connectivity index (χ1n) is 9.29. The molecule has 2 fully saturated rings. The molecule has 0 spiro atoms. The molecule has 22 heavy (non-hydrogen) atoms. The predicted octanol–water partition coefficient (Wildman–Crippen LogP) is 2.44. The Bertz CT molecular complexity index is 331. The molecule has 1 amide bonds. The first-order valence-corrected chi connectivity index (χ1v) is 9.29. The first-order chi connectivity index (χ1) is 10.6. The summed E-state index contributed by atoms with van der Waals surface area (Å²) in [4.78, 5) is 19.5. The Morgan fingerprint density at radius 3 is 2.27 bits per heavy atom. The van der Waals surface area contributed by atoms with Crippen LogP contribution in [0, 0.1) is 5.92 Å². The molecule has 0 radical (unpaired) electrons. The van der Waals surface area contributed by atoms with E-state index >= 15 is 0 Å². The fourth-order valence-corrected chi connectivity index (χ4v) is 3.97. The molecule has 1 saturated heterocycles. The third kappa shape index (κ3) is 4.95. The van der Waals surface area contributed by atoms with Crippen LogP contribution in [0.25, 0.3) is 0 Å². The maximum Gasteiger partial charge on any atom is 0.239 e. The SMILES string of the molecule is CCC[C@@H](C(=O)N1CCN(CC2CCCCC2)CC1)N(C)C. The third-order valence-corrected chi connectivity index (χ3v) is 5.40. The van der Waals surface area contributed by atoms with Crippen LogP contribution in [-0.2, 0) is 4.79 Å². The van der Waals surface area contributed by atoms with E-state index in [0.717, 1.165) is 44.9 Å². The fourth-order valence-electron chi connectivity index (χ4n) is 3.97. The van der Waals surface area contributed by atoms with Crippen molar-refractivity contribution in [3.8, 4) is 0 Å². The molecule has 2 aliphatic rings. The highest BCUT2D eigenvalue weighted by atomic mass is 16.2. The summed E-state index contributed by atoms with van der Waals surface area (Å²) in [6, 6.07) is 0.0647. The number of hydrogen-bond acceptors (Lipinski definition) is 3. The van der Waals surface area contributed by atoms with Gasteiger partial charge in [-0.15, -0.1) is 0 Å². The summed E-state index contributed by atoms with van der Waals surface area (Å²) in [5.74, 6) is 1.25. The van der Waals surface area contributed by atoms with Crippen molar-refractivity contribution >= 4 is 5.91 Å². The van der Waals surface area contributed by atoms with E-state index < -0.39 is 0 Å². The molecule has 4 nitrogen and oxygen atoms in total. The van der Waals surface area contributed by atoms with Gasteiger partial charge in [-0.05, 0) is 39.3 Å². The average Bonchev–Trinajstić information content (AvgIpc) is 2.53. The Labute approximate surface area is 136 Å². The number of nitrogens with zero attached hydrogens (tertiary/aromatic N) is 3. The molecule has 128 valence electrons. The van der Waals surface area contributed by atoms with Gasteiger partial charge < -0.3 is 4.90 Å². The summed E-state index contributed by atoms with van der Waals surface area (Å²) in [7, 11) is 4.05. The van der Waals surface area contributed by atoms with Gasteiger partial charge in [0.05, 0.1) is 6.04 Å². The van der Waals surface area contributed by atoms with Crippen LogP contribution in [0.3, 0.4) is 0 Å². The van der Waals surface area contributed by atoms with Crippen LogP contribution in [0.5, 0.6) is 0 Å². The van der Waals surface area contributed by atoms with Gasteiger partial charge in [-0.3, -0.25) is 14.6 Å². The Morgan fingerprint density at radius 1 is 1.09 bits per heavy atom. The molecule has 0 unspecified atom stereocenters. The molecule has 4 heteroatoms. The molecule has 0 aromatic heterocycles. The van der Waals surface area contributed by atoms with Gasteiger partial charge in [0.2, 0.25) is 5.91 Å². The largest absolute Gasteiger partial charge is 0.339 e. The Kier molecular flexibility index (Phi) is 7.16. The van der Waals surface area contributed by atoms with Crippen molar-refractivity contribution in [1.29, 1.82) is 0 Å². The van der Waals surface area contributed by atoms with Gasteiger partial charge in [0.25, 0.3) is 0 Å². The van der Waals surface area contributed by atoms with Crippen molar-refractivity contribution < 1.29 is 4.79 Å². The number of carbonyl (C=O) groups is 1. The van der Waals surface area contributed by atoms with Gasteiger partial charge in [0.15, 0.2) is 0 Å². The number of likely N-dealkylation sites (N-methyl/N-ethyl adjacent to an activating group) is 1. The van der Waals surface area contributed by atoms with Crippen LogP contribution in [0.15, 0.2) is 0 Å². The number of rotatable bonds is 6. The van der Waals surface area contributed by atoms with Crippen LogP contribution in [-0.4, -0.2) is 73.5 Å². The third-order valence-electron chi connectivity index (χ3n) is 5.40. The number of hydrogen-bond donors (Lipinski definition) is 0. The maximum absolute atomic E-state index is 12.7. The molecule has 1 aliphatic heterocycles. The predicted molar refractivity (Wildman–Crippen MR) is 92.0 cm³/mol. The summed E-state index contributed by atoms with van der Waals surface area (Å²) in [5.41, 5.74) is 0. The lowest BCUT2D eigenvalue weighted by atomic mass is 9.89. The second-order valence-corrected chi connectivity index (χ2v) is 7.40. The second-order valence-electron chi connectivity index (χ2n) is 7.40. The van der Waals surface area contributed by atoms with E-state index in [1.54, 1.807) is 0 Å². The summed E-state index contributed by atoms with van der Waals surface area (Å²) < 4.78 is 0. The second kappa shape index (κ2) is 8.88. The summed E-state index contributed by atoms with van der Waals surface area (Å²) in [6.45, 7) is 7.38. The zero-order valence-electron chi connectivity index (χ0n) is 14.9. The smallest absolute Gasteiger partial charge is 0.239 e. The van der Waals surface area contributed by atoms with Gasteiger partial charge in [0, 0.05) is 32.7 Å². The Balaban J connectivity index is 1.76. The molecule has 0 aromatic carbocycles. The van der Waals surface area contributed by atoms with E-state index in [-0.39, 0.29) is 6.04 Å². The highest BCUT2D eigenvalue weighted by molar-refractivity contribution is 5.82. The summed E-state index contributed by atoms with van der Waals surface area (Å²) >= 11 is 0. The maximum atomic E-state index is 12.7. The molecule has 0 N–H and O–H groups in total. The summed E-state index contributed by atoms with van der Waals surface area (Å²) in [6.07, 6.45) is 9.14. The molecule has 1 heterocycles. The number of carbonyl (C=O) groups excluding carboxylic acids is 1. The molecule has 1 aliphatic carbocycles. The standard InChI is InChI=1S/C18H35N3O/c1-4-8-17(19(2)3)18(22)21-13-11-20(12-14-21)15-16-9-6-5-7-10-16/h16-17H,4-15H2,1-3H3/t17-/m0/s1. The lowest BCUT2D eigenvalue weighted by molar-refractivity contribution is -0.138. The Hall–Kier alpha value is -0.610. The van der Waals surface area contributed by atoms with E-state index in [9.17, 15) is 4.79 Å². The van der Waals surface area contributed by atoms with Crippen molar-refractivity contribution in [2.45, 2.75) is 57.9 Å². The molecule has 2 rings (SSSR count). The highest BCUT2D eigenvalue weighted by Crippen LogP contribution is 2.24. The van der Waals surface area contributed by atoms with Crippen LogP contribution in [0.2, 0.25) is 0 Å². The van der Waals surface area contributed by atoms with Gasteiger partial charge in [-0.2, -0.15) is 0 Å². The normalized spacial score (nSPS) is 23.0. The van der Waals surface area contributed by atoms with Crippen molar-refractivity contribution in [3.05, 3.63) is 0 Å². The van der Waals surface area contributed by atoms with E-state index in [1.807, 2.05) is 14.1 Å². The van der Waals surface area contributed by atoms with E-state index in [1.165, 1.54) is 38.6 Å². The first kappa shape index (κ1) is 17.7. The highest BCUT2D eigenvalue weighted by Gasteiger charge is 2.29. The molecule has 0 aromatic rings. The average molecular weight is 309 g/mol. The minimum absolute atomic E-state index is 0.0647. The topological polar surface area (TPSA) is 26.8 Å². The zero-order valence-corrected chi connectivity index (χ0v) is 14.9. The van der Waals surface area contributed by atoms with E-state index in [0.29, 0.717) is 5.91 Å². The molecular weight excluding hydrogens is 274 g/mol. The van der Waals surface area contributed by atoms with Crippen molar-refractivity contribution in [3.63, 3.8) is 0 Å². The number of amides is 1.